The van der Waals surface area contributed by atoms with Crippen molar-refractivity contribution in [2.45, 2.75) is 25.3 Å². The Bertz CT molecular complexity index is 411. The van der Waals surface area contributed by atoms with Crippen LogP contribution in [0.3, 0.4) is 0 Å². The SMILES string of the molecule is CN1CCCCC1COc1ccccc1C#N. The number of likely N-dealkylation sites (tertiary alicyclic amines) is 1. The van der Waals surface area contributed by atoms with Crippen molar-refractivity contribution in [3.05, 3.63) is 29.8 Å². The van der Waals surface area contributed by atoms with Crippen LogP contribution in [-0.4, -0.2) is 31.1 Å². The lowest BCUT2D eigenvalue weighted by Crippen LogP contribution is -2.40. The van der Waals surface area contributed by atoms with E-state index in [4.69, 9.17) is 10.00 Å². The first-order valence-corrected chi connectivity index (χ1v) is 6.13. The summed E-state index contributed by atoms with van der Waals surface area (Å²) in [6.07, 6.45) is 3.74. The van der Waals surface area contributed by atoms with Gasteiger partial charge in [-0.25, -0.2) is 0 Å². The van der Waals surface area contributed by atoms with Crippen LogP contribution in [0.25, 0.3) is 0 Å². The first kappa shape index (κ1) is 11.9. The fraction of sp³-hybridized carbons (Fsp3) is 0.500. The van der Waals surface area contributed by atoms with Gasteiger partial charge in [0.1, 0.15) is 18.4 Å². The minimum Gasteiger partial charge on any atom is -0.491 e. The number of benzene rings is 1. The molecule has 0 amide bonds. The standard InChI is InChI=1S/C14H18N2O/c1-16-9-5-4-7-13(16)11-17-14-8-3-2-6-12(14)10-15/h2-3,6,8,13H,4-5,7,9,11H2,1H3. The van der Waals surface area contributed by atoms with E-state index in [1.165, 1.54) is 19.3 Å². The minimum atomic E-state index is 0.482. The van der Waals surface area contributed by atoms with E-state index < -0.39 is 0 Å². The lowest BCUT2D eigenvalue weighted by Gasteiger charge is -2.32. The van der Waals surface area contributed by atoms with Gasteiger partial charge in [-0.3, -0.25) is 0 Å². The zero-order chi connectivity index (χ0) is 12.1. The third-order valence-corrected chi connectivity index (χ3v) is 3.36. The number of hydrogen-bond acceptors (Lipinski definition) is 3. The van der Waals surface area contributed by atoms with Gasteiger partial charge in [0.2, 0.25) is 0 Å². The molecule has 0 spiro atoms. The average Bonchev–Trinajstić information content (AvgIpc) is 2.38. The maximum atomic E-state index is 8.97. The topological polar surface area (TPSA) is 36.3 Å². The zero-order valence-corrected chi connectivity index (χ0v) is 10.2. The molecule has 1 aromatic carbocycles. The molecule has 0 saturated carbocycles. The molecule has 0 aromatic heterocycles. The van der Waals surface area contributed by atoms with E-state index in [0.717, 1.165) is 6.54 Å². The molecule has 90 valence electrons. The van der Waals surface area contributed by atoms with Crippen molar-refractivity contribution in [2.24, 2.45) is 0 Å². The Kier molecular flexibility index (Phi) is 4.00. The molecule has 1 fully saturated rings. The Morgan fingerprint density at radius 3 is 3.00 bits per heavy atom. The molecule has 1 aromatic rings. The van der Waals surface area contributed by atoms with Crippen molar-refractivity contribution in [2.75, 3.05) is 20.2 Å². The number of nitriles is 1. The fourth-order valence-electron chi connectivity index (χ4n) is 2.23. The number of para-hydroxylation sites is 1. The molecule has 1 saturated heterocycles. The molecule has 0 aliphatic carbocycles. The number of piperidine rings is 1. The second-order valence-corrected chi connectivity index (χ2v) is 4.55. The van der Waals surface area contributed by atoms with E-state index in [2.05, 4.69) is 18.0 Å². The van der Waals surface area contributed by atoms with Crippen LogP contribution in [0.15, 0.2) is 24.3 Å². The van der Waals surface area contributed by atoms with Gasteiger partial charge in [-0.2, -0.15) is 5.26 Å². The highest BCUT2D eigenvalue weighted by molar-refractivity contribution is 5.42. The lowest BCUT2D eigenvalue weighted by atomic mass is 10.0. The highest BCUT2D eigenvalue weighted by Gasteiger charge is 2.19. The van der Waals surface area contributed by atoms with Crippen molar-refractivity contribution >= 4 is 0 Å². The van der Waals surface area contributed by atoms with E-state index in [0.29, 0.717) is 24.0 Å². The lowest BCUT2D eigenvalue weighted by molar-refractivity contribution is 0.125. The van der Waals surface area contributed by atoms with Crippen molar-refractivity contribution in [3.63, 3.8) is 0 Å². The summed E-state index contributed by atoms with van der Waals surface area (Å²) in [6, 6.07) is 10.1. The van der Waals surface area contributed by atoms with Gasteiger partial charge in [-0.05, 0) is 38.6 Å². The summed E-state index contributed by atoms with van der Waals surface area (Å²) in [6.45, 7) is 1.82. The third kappa shape index (κ3) is 2.98. The summed E-state index contributed by atoms with van der Waals surface area (Å²) in [5.41, 5.74) is 0.617. The van der Waals surface area contributed by atoms with E-state index in [1.54, 1.807) is 6.07 Å². The van der Waals surface area contributed by atoms with E-state index in [1.807, 2.05) is 18.2 Å². The second kappa shape index (κ2) is 5.70. The monoisotopic (exact) mass is 230 g/mol. The zero-order valence-electron chi connectivity index (χ0n) is 10.2. The number of likely N-dealkylation sites (N-methyl/N-ethyl adjacent to an activating group) is 1. The number of ether oxygens (including phenoxy) is 1. The number of hydrogen-bond donors (Lipinski definition) is 0. The molecule has 1 aliphatic heterocycles. The van der Waals surface area contributed by atoms with Crippen molar-refractivity contribution in [3.8, 4) is 11.8 Å². The van der Waals surface area contributed by atoms with Crippen LogP contribution in [0.1, 0.15) is 24.8 Å². The summed E-state index contributed by atoms with van der Waals surface area (Å²) < 4.78 is 5.77. The molecule has 2 rings (SSSR count). The van der Waals surface area contributed by atoms with Crippen molar-refractivity contribution < 1.29 is 4.74 Å². The van der Waals surface area contributed by atoms with Crippen LogP contribution < -0.4 is 4.74 Å². The molecule has 17 heavy (non-hydrogen) atoms. The van der Waals surface area contributed by atoms with Gasteiger partial charge < -0.3 is 9.64 Å². The minimum absolute atomic E-state index is 0.482. The summed E-state index contributed by atoms with van der Waals surface area (Å²) in [5, 5.41) is 8.97. The normalized spacial score (nSPS) is 20.8. The first-order chi connectivity index (χ1) is 8.31. The number of nitrogens with zero attached hydrogens (tertiary/aromatic N) is 2. The van der Waals surface area contributed by atoms with Gasteiger partial charge in [-0.15, -0.1) is 0 Å². The van der Waals surface area contributed by atoms with E-state index in [-0.39, 0.29) is 0 Å². The fourth-order valence-corrected chi connectivity index (χ4v) is 2.23. The van der Waals surface area contributed by atoms with Gasteiger partial charge in [0.15, 0.2) is 0 Å². The smallest absolute Gasteiger partial charge is 0.137 e. The Hall–Kier alpha value is -1.53. The molecule has 1 aliphatic rings. The molecule has 1 unspecified atom stereocenters. The molecule has 0 bridgehead atoms. The molecular formula is C14H18N2O. The van der Waals surface area contributed by atoms with Crippen LogP contribution in [-0.2, 0) is 0 Å². The Balaban J connectivity index is 1.95. The maximum absolute atomic E-state index is 8.97. The molecule has 3 heteroatoms. The summed E-state index contributed by atoms with van der Waals surface area (Å²) >= 11 is 0. The quantitative estimate of drug-likeness (QED) is 0.800. The van der Waals surface area contributed by atoms with Crippen molar-refractivity contribution in [1.82, 2.24) is 4.90 Å². The van der Waals surface area contributed by atoms with Gasteiger partial charge in [-0.1, -0.05) is 18.6 Å². The van der Waals surface area contributed by atoms with Crippen LogP contribution in [0.4, 0.5) is 0 Å². The first-order valence-electron chi connectivity index (χ1n) is 6.13. The van der Waals surface area contributed by atoms with Crippen LogP contribution in [0.5, 0.6) is 5.75 Å². The number of rotatable bonds is 3. The Labute approximate surface area is 103 Å². The largest absolute Gasteiger partial charge is 0.491 e. The molecular weight excluding hydrogens is 212 g/mol. The molecule has 0 radical (unpaired) electrons. The van der Waals surface area contributed by atoms with Gasteiger partial charge in [0.05, 0.1) is 5.56 Å². The Morgan fingerprint density at radius 1 is 1.41 bits per heavy atom. The van der Waals surface area contributed by atoms with Crippen LogP contribution >= 0.6 is 0 Å². The summed E-state index contributed by atoms with van der Waals surface area (Å²) in [7, 11) is 2.14. The summed E-state index contributed by atoms with van der Waals surface area (Å²) in [4.78, 5) is 2.35. The molecule has 1 heterocycles. The van der Waals surface area contributed by atoms with E-state index in [9.17, 15) is 0 Å². The van der Waals surface area contributed by atoms with Gasteiger partial charge >= 0.3 is 0 Å². The predicted octanol–water partition coefficient (Wildman–Crippen LogP) is 2.42. The second-order valence-electron chi connectivity index (χ2n) is 4.55. The van der Waals surface area contributed by atoms with Crippen molar-refractivity contribution in [1.29, 1.82) is 5.26 Å². The highest BCUT2D eigenvalue weighted by Crippen LogP contribution is 2.20. The van der Waals surface area contributed by atoms with Gasteiger partial charge in [0.25, 0.3) is 0 Å². The maximum Gasteiger partial charge on any atom is 0.137 e. The van der Waals surface area contributed by atoms with Crippen LogP contribution in [0.2, 0.25) is 0 Å². The van der Waals surface area contributed by atoms with Gasteiger partial charge in [0, 0.05) is 6.04 Å². The average molecular weight is 230 g/mol. The molecule has 0 N–H and O–H groups in total. The predicted molar refractivity (Wildman–Crippen MR) is 66.9 cm³/mol. The third-order valence-electron chi connectivity index (χ3n) is 3.36. The van der Waals surface area contributed by atoms with E-state index >= 15 is 0 Å². The molecule has 3 nitrogen and oxygen atoms in total. The molecule has 1 atom stereocenters. The Morgan fingerprint density at radius 2 is 2.24 bits per heavy atom. The van der Waals surface area contributed by atoms with Crippen LogP contribution in [0, 0.1) is 11.3 Å². The highest BCUT2D eigenvalue weighted by atomic mass is 16.5. The summed E-state index contributed by atoms with van der Waals surface area (Å²) in [5.74, 6) is 0.703.